The fraction of sp³-hybridized carbons (Fsp3) is 0.222. The number of aromatic nitrogens is 2. The van der Waals surface area contributed by atoms with Crippen LogP contribution in [0, 0.1) is 0 Å². The molecule has 1 aromatic carbocycles. The molecule has 8 nitrogen and oxygen atoms in total. The first kappa shape index (κ1) is 17.2. The first-order valence-electron chi connectivity index (χ1n) is 8.47. The van der Waals surface area contributed by atoms with Crippen molar-refractivity contribution in [3.8, 4) is 0 Å². The summed E-state index contributed by atoms with van der Waals surface area (Å²) in [5.74, 6) is -0.726. The molecule has 9 heteroatoms. The number of imidazole rings is 1. The molecule has 4 rings (SSSR count). The molecule has 3 heterocycles. The number of amides is 3. The largest absolute Gasteiger partial charge is 0.350 e. The number of benzene rings is 1. The van der Waals surface area contributed by atoms with Gasteiger partial charge in [-0.25, -0.2) is 4.98 Å². The van der Waals surface area contributed by atoms with Crippen molar-refractivity contribution >= 4 is 45.4 Å². The monoisotopic (exact) mass is 383 g/mol. The van der Waals surface area contributed by atoms with Crippen molar-refractivity contribution < 1.29 is 14.4 Å². The lowest BCUT2D eigenvalue weighted by molar-refractivity contribution is -0.125. The molecule has 27 heavy (non-hydrogen) atoms. The molecule has 2 aromatic heterocycles. The lowest BCUT2D eigenvalue weighted by Crippen LogP contribution is -2.42. The maximum absolute atomic E-state index is 12.5. The Kier molecular flexibility index (Phi) is 4.59. The zero-order chi connectivity index (χ0) is 18.8. The van der Waals surface area contributed by atoms with Crippen LogP contribution in [0.5, 0.6) is 0 Å². The van der Waals surface area contributed by atoms with E-state index in [1.165, 1.54) is 16.2 Å². The SMILES string of the molecule is O=C(CCC(=O)N1CC(=O)Nc2ccccc21)NCc1cn2ccsc2n1. The number of para-hydroxylation sites is 2. The summed E-state index contributed by atoms with van der Waals surface area (Å²) in [6, 6.07) is 7.12. The molecule has 3 amide bonds. The average Bonchev–Trinajstić information content (AvgIpc) is 3.25. The zero-order valence-corrected chi connectivity index (χ0v) is 15.2. The molecule has 0 radical (unpaired) electrons. The number of carbonyl (C=O) groups excluding carboxylic acids is 3. The predicted molar refractivity (Wildman–Crippen MR) is 102 cm³/mol. The average molecular weight is 383 g/mol. The van der Waals surface area contributed by atoms with Crippen LogP contribution in [0.2, 0.25) is 0 Å². The maximum Gasteiger partial charge on any atom is 0.244 e. The van der Waals surface area contributed by atoms with Crippen molar-refractivity contribution in [1.29, 1.82) is 0 Å². The lowest BCUT2D eigenvalue weighted by Gasteiger charge is -2.29. The minimum absolute atomic E-state index is 0.0335. The van der Waals surface area contributed by atoms with Crippen molar-refractivity contribution in [3.63, 3.8) is 0 Å². The Hall–Kier alpha value is -3.20. The van der Waals surface area contributed by atoms with Crippen LogP contribution in [0.4, 0.5) is 11.4 Å². The molecule has 0 saturated heterocycles. The van der Waals surface area contributed by atoms with Crippen LogP contribution in [0.3, 0.4) is 0 Å². The predicted octanol–water partition coefficient (Wildman–Crippen LogP) is 1.78. The van der Waals surface area contributed by atoms with E-state index >= 15 is 0 Å². The number of nitrogens with zero attached hydrogens (tertiary/aromatic N) is 3. The third kappa shape index (κ3) is 3.68. The summed E-state index contributed by atoms with van der Waals surface area (Å²) < 4.78 is 1.90. The molecule has 0 unspecified atom stereocenters. The molecule has 1 aliphatic heterocycles. The van der Waals surface area contributed by atoms with Crippen LogP contribution >= 0.6 is 11.3 Å². The Balaban J connectivity index is 1.31. The second kappa shape index (κ2) is 7.20. The third-order valence-corrected chi connectivity index (χ3v) is 5.02. The van der Waals surface area contributed by atoms with E-state index in [0.717, 1.165) is 10.7 Å². The van der Waals surface area contributed by atoms with Crippen LogP contribution in [-0.2, 0) is 20.9 Å². The highest BCUT2D eigenvalue weighted by Crippen LogP contribution is 2.29. The second-order valence-electron chi connectivity index (χ2n) is 6.15. The first-order chi connectivity index (χ1) is 13.1. The van der Waals surface area contributed by atoms with Crippen molar-refractivity contribution in [2.45, 2.75) is 19.4 Å². The highest BCUT2D eigenvalue weighted by molar-refractivity contribution is 7.15. The highest BCUT2D eigenvalue weighted by Gasteiger charge is 2.26. The molecule has 138 valence electrons. The summed E-state index contributed by atoms with van der Waals surface area (Å²) in [5, 5.41) is 7.45. The van der Waals surface area contributed by atoms with Gasteiger partial charge in [-0.2, -0.15) is 0 Å². The standard InChI is InChI=1S/C18H17N5O3S/c24-15(19-9-12-10-22-7-8-27-18(22)20-12)5-6-17(26)23-11-16(25)21-13-3-1-2-4-14(13)23/h1-4,7-8,10H,5-6,9,11H2,(H,19,24)(H,21,25). The molecule has 2 N–H and O–H groups in total. The van der Waals surface area contributed by atoms with E-state index in [0.29, 0.717) is 17.9 Å². The van der Waals surface area contributed by atoms with Crippen LogP contribution in [0.15, 0.2) is 42.0 Å². The fourth-order valence-corrected chi connectivity index (χ4v) is 3.67. The Morgan fingerprint density at radius 1 is 1.26 bits per heavy atom. The number of thiazole rings is 1. The van der Waals surface area contributed by atoms with Crippen LogP contribution in [0.25, 0.3) is 4.96 Å². The zero-order valence-electron chi connectivity index (χ0n) is 14.3. The van der Waals surface area contributed by atoms with Gasteiger partial charge in [0, 0.05) is 30.6 Å². The smallest absolute Gasteiger partial charge is 0.244 e. The van der Waals surface area contributed by atoms with E-state index in [2.05, 4.69) is 15.6 Å². The number of carbonyl (C=O) groups is 3. The molecule has 0 spiro atoms. The Morgan fingerprint density at radius 2 is 2.11 bits per heavy atom. The van der Waals surface area contributed by atoms with E-state index in [-0.39, 0.29) is 37.1 Å². The number of hydrogen-bond donors (Lipinski definition) is 2. The molecule has 0 bridgehead atoms. The highest BCUT2D eigenvalue weighted by atomic mass is 32.1. The van der Waals surface area contributed by atoms with Gasteiger partial charge in [0.15, 0.2) is 4.96 Å². The molecule has 1 aliphatic rings. The summed E-state index contributed by atoms with van der Waals surface area (Å²) >= 11 is 1.52. The number of nitrogens with one attached hydrogen (secondary N) is 2. The number of fused-ring (bicyclic) bond motifs is 2. The van der Waals surface area contributed by atoms with Crippen molar-refractivity contribution in [2.24, 2.45) is 0 Å². The minimum Gasteiger partial charge on any atom is -0.350 e. The lowest BCUT2D eigenvalue weighted by atomic mass is 10.1. The van der Waals surface area contributed by atoms with Gasteiger partial charge < -0.3 is 15.5 Å². The second-order valence-corrected chi connectivity index (χ2v) is 7.02. The fourth-order valence-electron chi connectivity index (χ4n) is 2.95. The molecule has 3 aromatic rings. The Bertz CT molecular complexity index is 996. The van der Waals surface area contributed by atoms with E-state index in [1.807, 2.05) is 22.2 Å². The minimum atomic E-state index is -0.255. The molecule has 0 aliphatic carbocycles. The van der Waals surface area contributed by atoms with Gasteiger partial charge in [0.1, 0.15) is 6.54 Å². The van der Waals surface area contributed by atoms with Gasteiger partial charge in [0.2, 0.25) is 17.7 Å². The topological polar surface area (TPSA) is 95.8 Å². The van der Waals surface area contributed by atoms with Crippen LogP contribution in [-0.4, -0.2) is 33.7 Å². The Morgan fingerprint density at radius 3 is 2.96 bits per heavy atom. The maximum atomic E-state index is 12.5. The normalized spacial score (nSPS) is 13.3. The molecule has 0 atom stereocenters. The van der Waals surface area contributed by atoms with Gasteiger partial charge in [-0.15, -0.1) is 11.3 Å². The third-order valence-electron chi connectivity index (χ3n) is 4.25. The summed E-state index contributed by atoms with van der Waals surface area (Å²) in [5.41, 5.74) is 2.02. The molecule has 0 fully saturated rings. The number of anilines is 2. The number of rotatable bonds is 5. The summed E-state index contributed by atoms with van der Waals surface area (Å²) in [6.07, 6.45) is 3.86. The van der Waals surface area contributed by atoms with Gasteiger partial charge in [0.05, 0.1) is 23.6 Å². The van der Waals surface area contributed by atoms with E-state index in [1.54, 1.807) is 24.3 Å². The Labute approximate surface area is 158 Å². The molecular formula is C18H17N5O3S. The summed E-state index contributed by atoms with van der Waals surface area (Å²) in [6.45, 7) is 0.277. The molecule has 0 saturated carbocycles. The first-order valence-corrected chi connectivity index (χ1v) is 9.35. The summed E-state index contributed by atoms with van der Waals surface area (Å²) in [7, 11) is 0. The molecular weight excluding hydrogens is 366 g/mol. The van der Waals surface area contributed by atoms with E-state index in [9.17, 15) is 14.4 Å². The van der Waals surface area contributed by atoms with E-state index in [4.69, 9.17) is 0 Å². The van der Waals surface area contributed by atoms with E-state index < -0.39 is 0 Å². The summed E-state index contributed by atoms with van der Waals surface area (Å²) in [4.78, 5) is 43.1. The van der Waals surface area contributed by atoms with Crippen molar-refractivity contribution in [2.75, 3.05) is 16.8 Å². The quantitative estimate of drug-likeness (QED) is 0.702. The van der Waals surface area contributed by atoms with Gasteiger partial charge in [0.25, 0.3) is 0 Å². The van der Waals surface area contributed by atoms with Crippen LogP contribution < -0.4 is 15.5 Å². The van der Waals surface area contributed by atoms with Gasteiger partial charge in [-0.05, 0) is 12.1 Å². The number of hydrogen-bond acceptors (Lipinski definition) is 5. The van der Waals surface area contributed by atoms with Gasteiger partial charge >= 0.3 is 0 Å². The van der Waals surface area contributed by atoms with Crippen LogP contribution in [0.1, 0.15) is 18.5 Å². The van der Waals surface area contributed by atoms with Crippen molar-refractivity contribution in [3.05, 3.63) is 47.7 Å². The van der Waals surface area contributed by atoms with Gasteiger partial charge in [-0.3, -0.25) is 18.8 Å². The van der Waals surface area contributed by atoms with Crippen molar-refractivity contribution in [1.82, 2.24) is 14.7 Å². The van der Waals surface area contributed by atoms with Gasteiger partial charge in [-0.1, -0.05) is 12.1 Å².